The third kappa shape index (κ3) is 4.53. The molecule has 22 heavy (non-hydrogen) atoms. The number of hydrogen-bond acceptors (Lipinski definition) is 4. The summed E-state index contributed by atoms with van der Waals surface area (Å²) >= 11 is 0. The molecule has 1 heterocycles. The van der Waals surface area contributed by atoms with Gasteiger partial charge in [0.25, 0.3) is 0 Å². The minimum Gasteiger partial charge on any atom is -0.368 e. The lowest BCUT2D eigenvalue weighted by molar-refractivity contribution is -0.0809. The van der Waals surface area contributed by atoms with Crippen LogP contribution >= 0.6 is 0 Å². The van der Waals surface area contributed by atoms with E-state index in [2.05, 4.69) is 17.0 Å². The second-order valence-corrected chi connectivity index (χ2v) is 5.73. The molecule has 0 bridgehead atoms. The molecule has 0 unspecified atom stereocenters. The van der Waals surface area contributed by atoms with Crippen molar-refractivity contribution in [1.29, 1.82) is 10.5 Å². The zero-order valence-corrected chi connectivity index (χ0v) is 12.7. The van der Waals surface area contributed by atoms with Gasteiger partial charge in [-0.1, -0.05) is 12.1 Å². The molecule has 0 aliphatic carbocycles. The molecule has 1 saturated heterocycles. The van der Waals surface area contributed by atoms with Gasteiger partial charge in [-0.15, -0.1) is 0 Å². The molecule has 0 aromatic heterocycles. The highest BCUT2D eigenvalue weighted by molar-refractivity contribution is 5.19. The molecular formula is C17H20FN3O. The van der Waals surface area contributed by atoms with Crippen LogP contribution in [0, 0.1) is 34.4 Å². The Hall–Kier alpha value is -1.95. The summed E-state index contributed by atoms with van der Waals surface area (Å²) in [5, 5.41) is 17.9. The van der Waals surface area contributed by atoms with Crippen LogP contribution in [0.3, 0.4) is 0 Å². The summed E-state index contributed by atoms with van der Waals surface area (Å²) in [6.07, 6.45) is 0.943. The van der Waals surface area contributed by atoms with Crippen LogP contribution in [0.1, 0.15) is 31.4 Å². The fraction of sp³-hybridized carbons (Fsp3) is 0.529. The van der Waals surface area contributed by atoms with Crippen LogP contribution in [-0.2, 0) is 4.74 Å². The highest BCUT2D eigenvalue weighted by atomic mass is 19.1. The number of benzene rings is 1. The van der Waals surface area contributed by atoms with Crippen molar-refractivity contribution in [1.82, 2.24) is 4.90 Å². The monoisotopic (exact) mass is 301 g/mol. The predicted molar refractivity (Wildman–Crippen MR) is 80.1 cm³/mol. The van der Waals surface area contributed by atoms with E-state index < -0.39 is 0 Å². The largest absolute Gasteiger partial charge is 0.368 e. The molecule has 1 aliphatic heterocycles. The molecule has 4 nitrogen and oxygen atoms in total. The highest BCUT2D eigenvalue weighted by Crippen LogP contribution is 2.26. The smallest absolute Gasteiger partial charge is 0.123 e. The summed E-state index contributed by atoms with van der Waals surface area (Å²) in [7, 11) is 0. The van der Waals surface area contributed by atoms with Gasteiger partial charge in [-0.05, 0) is 31.0 Å². The van der Waals surface area contributed by atoms with Crippen molar-refractivity contribution in [3.8, 4) is 12.1 Å². The second kappa shape index (κ2) is 7.89. The van der Waals surface area contributed by atoms with E-state index in [4.69, 9.17) is 10.00 Å². The van der Waals surface area contributed by atoms with Crippen molar-refractivity contribution in [2.45, 2.75) is 32.0 Å². The highest BCUT2D eigenvalue weighted by Gasteiger charge is 2.27. The lowest BCUT2D eigenvalue weighted by Crippen LogP contribution is -2.44. The van der Waals surface area contributed by atoms with E-state index in [1.54, 1.807) is 12.1 Å². The van der Waals surface area contributed by atoms with Gasteiger partial charge in [0.15, 0.2) is 0 Å². The molecule has 0 amide bonds. The topological polar surface area (TPSA) is 60.0 Å². The number of rotatable bonds is 5. The lowest BCUT2D eigenvalue weighted by Gasteiger charge is -2.37. The van der Waals surface area contributed by atoms with Gasteiger partial charge >= 0.3 is 0 Å². The molecule has 0 N–H and O–H groups in total. The van der Waals surface area contributed by atoms with Crippen LogP contribution in [0.2, 0.25) is 0 Å². The zero-order chi connectivity index (χ0) is 15.9. The summed E-state index contributed by atoms with van der Waals surface area (Å²) in [5.74, 6) is -0.399. The summed E-state index contributed by atoms with van der Waals surface area (Å²) < 4.78 is 19.0. The number of ether oxygens (including phenoxy) is 1. The first-order valence-corrected chi connectivity index (χ1v) is 7.52. The second-order valence-electron chi connectivity index (χ2n) is 5.73. The van der Waals surface area contributed by atoms with Gasteiger partial charge in [0.05, 0.1) is 30.3 Å². The first kappa shape index (κ1) is 16.4. The van der Waals surface area contributed by atoms with E-state index in [1.807, 2.05) is 6.92 Å². The Kier molecular flexibility index (Phi) is 5.89. The van der Waals surface area contributed by atoms with Crippen molar-refractivity contribution in [3.63, 3.8) is 0 Å². The quantitative estimate of drug-likeness (QED) is 0.838. The van der Waals surface area contributed by atoms with Gasteiger partial charge in [0, 0.05) is 26.1 Å². The molecule has 0 spiro atoms. The van der Waals surface area contributed by atoms with Gasteiger partial charge in [0.1, 0.15) is 5.82 Å². The molecule has 0 saturated carbocycles. The van der Waals surface area contributed by atoms with Crippen molar-refractivity contribution >= 4 is 0 Å². The van der Waals surface area contributed by atoms with E-state index in [1.165, 1.54) is 12.1 Å². The Balaban J connectivity index is 2.00. The normalized spacial score (nSPS) is 23.5. The molecule has 116 valence electrons. The Morgan fingerprint density at radius 1 is 1.32 bits per heavy atom. The van der Waals surface area contributed by atoms with Crippen molar-refractivity contribution < 1.29 is 9.13 Å². The maximum atomic E-state index is 13.0. The zero-order valence-electron chi connectivity index (χ0n) is 12.7. The Labute approximate surface area is 130 Å². The molecule has 0 radical (unpaired) electrons. The number of nitriles is 2. The Bertz CT molecular complexity index is 561. The van der Waals surface area contributed by atoms with Gasteiger partial charge in [-0.25, -0.2) is 4.39 Å². The lowest BCUT2D eigenvalue weighted by atomic mass is 10.0. The Morgan fingerprint density at radius 3 is 2.68 bits per heavy atom. The Morgan fingerprint density at radius 2 is 2.05 bits per heavy atom. The molecular weight excluding hydrogens is 281 g/mol. The SMILES string of the molecule is C[C@@H]1CN(C[C@H](C#N)CCC#N)C[C@@H](c2ccc(F)cc2)O1. The van der Waals surface area contributed by atoms with Crippen LogP contribution < -0.4 is 0 Å². The van der Waals surface area contributed by atoms with Gasteiger partial charge < -0.3 is 4.74 Å². The first-order valence-electron chi connectivity index (χ1n) is 7.52. The van der Waals surface area contributed by atoms with Crippen molar-refractivity contribution in [3.05, 3.63) is 35.6 Å². The third-order valence-corrected chi connectivity index (χ3v) is 3.84. The molecule has 3 atom stereocenters. The van der Waals surface area contributed by atoms with Crippen LogP contribution in [0.5, 0.6) is 0 Å². The molecule has 1 fully saturated rings. The first-order chi connectivity index (χ1) is 10.6. The fourth-order valence-electron chi connectivity index (χ4n) is 2.80. The van der Waals surface area contributed by atoms with E-state index in [-0.39, 0.29) is 23.9 Å². The molecule has 1 aromatic rings. The van der Waals surface area contributed by atoms with Crippen LogP contribution in [-0.4, -0.2) is 30.6 Å². The maximum absolute atomic E-state index is 13.0. The summed E-state index contributed by atoms with van der Waals surface area (Å²) in [6, 6.07) is 10.7. The number of hydrogen-bond donors (Lipinski definition) is 0. The fourth-order valence-corrected chi connectivity index (χ4v) is 2.80. The molecule has 1 aromatic carbocycles. The van der Waals surface area contributed by atoms with Crippen molar-refractivity contribution in [2.75, 3.05) is 19.6 Å². The number of nitrogens with zero attached hydrogens (tertiary/aromatic N) is 3. The van der Waals surface area contributed by atoms with Gasteiger partial charge in [-0.3, -0.25) is 4.90 Å². The average molecular weight is 301 g/mol. The predicted octanol–water partition coefficient (Wildman–Crippen LogP) is 3.03. The average Bonchev–Trinajstić information content (AvgIpc) is 2.51. The summed E-state index contributed by atoms with van der Waals surface area (Å²) in [5.41, 5.74) is 0.948. The van der Waals surface area contributed by atoms with Crippen LogP contribution in [0.15, 0.2) is 24.3 Å². The molecule has 5 heteroatoms. The van der Waals surface area contributed by atoms with Gasteiger partial charge in [-0.2, -0.15) is 10.5 Å². The van der Waals surface area contributed by atoms with E-state index in [0.717, 1.165) is 12.1 Å². The standard InChI is InChI=1S/C17H20FN3O/c1-13-10-21(11-14(9-20)3-2-8-19)12-17(22-13)15-4-6-16(18)7-5-15/h4-7,13-14,17H,2-3,10-12H2,1H3/t13-,14+,17+/m1/s1. The maximum Gasteiger partial charge on any atom is 0.123 e. The minimum absolute atomic E-state index is 0.0547. The van der Waals surface area contributed by atoms with E-state index >= 15 is 0 Å². The summed E-state index contributed by atoms with van der Waals surface area (Å²) in [4.78, 5) is 2.20. The number of halogens is 1. The van der Waals surface area contributed by atoms with Crippen molar-refractivity contribution in [2.24, 2.45) is 5.92 Å². The molecule has 1 aliphatic rings. The third-order valence-electron chi connectivity index (χ3n) is 3.84. The molecule has 2 rings (SSSR count). The van der Waals surface area contributed by atoms with Gasteiger partial charge in [0.2, 0.25) is 0 Å². The minimum atomic E-state index is -0.259. The van der Waals surface area contributed by atoms with Crippen LogP contribution in [0.4, 0.5) is 4.39 Å². The van der Waals surface area contributed by atoms with Crippen LogP contribution in [0.25, 0.3) is 0 Å². The van der Waals surface area contributed by atoms with E-state index in [0.29, 0.717) is 25.9 Å². The number of morpholine rings is 1. The summed E-state index contributed by atoms with van der Waals surface area (Å²) in [6.45, 7) is 4.09. The van der Waals surface area contributed by atoms with E-state index in [9.17, 15) is 9.65 Å².